The molecule has 0 spiro atoms. The van der Waals surface area contributed by atoms with Crippen molar-refractivity contribution in [2.45, 2.75) is 36.1 Å². The number of aromatic nitrogens is 2. The van der Waals surface area contributed by atoms with Crippen LogP contribution in [0.3, 0.4) is 0 Å². The Bertz CT molecular complexity index is 2600. The van der Waals surface area contributed by atoms with Crippen LogP contribution in [-0.4, -0.2) is 9.97 Å². The van der Waals surface area contributed by atoms with E-state index in [1.807, 2.05) is 0 Å². The first kappa shape index (κ1) is 32.8. The second kappa shape index (κ2) is 13.5. The molecule has 0 bridgehead atoms. The van der Waals surface area contributed by atoms with Gasteiger partial charge in [0.2, 0.25) is 0 Å². The zero-order chi connectivity index (χ0) is 35.9. The van der Waals surface area contributed by atoms with Crippen LogP contribution in [0, 0.1) is 6.92 Å². The van der Waals surface area contributed by atoms with Crippen molar-refractivity contribution < 1.29 is 0 Å². The molecule has 7 aromatic carbocycles. The van der Waals surface area contributed by atoms with E-state index in [1.54, 1.807) is 11.8 Å². The van der Waals surface area contributed by atoms with Gasteiger partial charge >= 0.3 is 0 Å². The molecule has 2 nitrogen and oxygen atoms in total. The van der Waals surface area contributed by atoms with E-state index in [2.05, 4.69) is 197 Å². The van der Waals surface area contributed by atoms with Gasteiger partial charge in [0, 0.05) is 27.6 Å². The predicted molar refractivity (Wildman–Crippen MR) is 222 cm³/mol. The smallest absolute Gasteiger partial charge is 0.160 e. The Hall–Kier alpha value is -6.03. The van der Waals surface area contributed by atoms with Crippen molar-refractivity contribution in [1.82, 2.24) is 9.97 Å². The highest BCUT2D eigenvalue weighted by molar-refractivity contribution is 7.99. The topological polar surface area (TPSA) is 25.8 Å². The molecule has 0 saturated carbocycles. The molecule has 0 unspecified atom stereocenters. The first-order chi connectivity index (χ1) is 26.0. The van der Waals surface area contributed by atoms with Crippen LogP contribution in [0.2, 0.25) is 0 Å². The van der Waals surface area contributed by atoms with Gasteiger partial charge < -0.3 is 0 Å². The fourth-order valence-electron chi connectivity index (χ4n) is 7.81. The first-order valence-electron chi connectivity index (χ1n) is 18.2. The predicted octanol–water partition coefficient (Wildman–Crippen LogP) is 13.6. The summed E-state index contributed by atoms with van der Waals surface area (Å²) < 4.78 is 0. The van der Waals surface area contributed by atoms with E-state index in [4.69, 9.17) is 9.97 Å². The number of nitrogens with zero attached hydrogens (tertiary/aromatic N) is 2. The average molecular weight is 699 g/mol. The standard InChI is InChI=1S/C50H38N2S/c1-33-28-29-38(30-39(33)48-51-32-43-49(52-48)53-44-27-17-16-26-42(44)50(43,2)3)46-41(35-20-10-5-11-21-35)31-40(34-18-8-4-9-19-34)45(36-22-12-6-13-23-36)47(46)37-24-14-7-15-25-37/h4-32H,1-3H3. The van der Waals surface area contributed by atoms with Crippen molar-refractivity contribution in [3.05, 3.63) is 193 Å². The van der Waals surface area contributed by atoms with Gasteiger partial charge in [0.25, 0.3) is 0 Å². The summed E-state index contributed by atoms with van der Waals surface area (Å²) in [5, 5.41) is 1.03. The van der Waals surface area contributed by atoms with Crippen LogP contribution in [0.5, 0.6) is 0 Å². The van der Waals surface area contributed by atoms with Crippen LogP contribution in [0.1, 0.15) is 30.5 Å². The molecule has 9 rings (SSSR count). The highest BCUT2D eigenvalue weighted by Crippen LogP contribution is 2.51. The van der Waals surface area contributed by atoms with Crippen molar-refractivity contribution in [2.75, 3.05) is 0 Å². The third-order valence-electron chi connectivity index (χ3n) is 10.6. The van der Waals surface area contributed by atoms with E-state index < -0.39 is 0 Å². The zero-order valence-electron chi connectivity index (χ0n) is 30.0. The first-order valence-corrected chi connectivity index (χ1v) is 19.0. The Kier molecular flexibility index (Phi) is 8.37. The van der Waals surface area contributed by atoms with Gasteiger partial charge in [-0.2, -0.15) is 0 Å². The molecule has 53 heavy (non-hydrogen) atoms. The molecule has 0 fully saturated rings. The van der Waals surface area contributed by atoms with Gasteiger partial charge in [0.1, 0.15) is 5.03 Å². The largest absolute Gasteiger partial charge is 0.236 e. The fraction of sp³-hybridized carbons (Fsp3) is 0.0800. The molecule has 0 atom stereocenters. The summed E-state index contributed by atoms with van der Waals surface area (Å²) in [6.45, 7) is 6.72. The maximum absolute atomic E-state index is 5.31. The van der Waals surface area contributed by atoms with Crippen LogP contribution in [0.15, 0.2) is 186 Å². The SMILES string of the molecule is Cc1ccc(-c2c(-c3ccccc3)cc(-c3ccccc3)c(-c3ccccc3)c2-c2ccccc2)cc1-c1ncc2c(n1)Sc1ccccc1C2(C)C. The number of rotatable bonds is 6. The third kappa shape index (κ3) is 5.88. The van der Waals surface area contributed by atoms with Crippen molar-refractivity contribution in [2.24, 2.45) is 0 Å². The second-order valence-electron chi connectivity index (χ2n) is 14.2. The van der Waals surface area contributed by atoms with E-state index in [1.165, 1.54) is 66.1 Å². The number of benzene rings is 7. The fourth-order valence-corrected chi connectivity index (χ4v) is 9.15. The summed E-state index contributed by atoms with van der Waals surface area (Å²) in [5.74, 6) is 0.748. The summed E-state index contributed by atoms with van der Waals surface area (Å²) in [7, 11) is 0. The Morgan fingerprint density at radius 1 is 0.453 bits per heavy atom. The van der Waals surface area contributed by atoms with Crippen molar-refractivity contribution >= 4 is 11.8 Å². The molecule has 1 aliphatic heterocycles. The van der Waals surface area contributed by atoms with Gasteiger partial charge in [-0.25, -0.2) is 9.97 Å². The minimum Gasteiger partial charge on any atom is -0.236 e. The number of hydrogen-bond acceptors (Lipinski definition) is 3. The van der Waals surface area contributed by atoms with Gasteiger partial charge in [-0.3, -0.25) is 0 Å². The van der Waals surface area contributed by atoms with Crippen LogP contribution in [-0.2, 0) is 5.41 Å². The van der Waals surface area contributed by atoms with Gasteiger partial charge in [0.15, 0.2) is 5.82 Å². The molecule has 8 aromatic rings. The molecule has 1 aliphatic rings. The molecule has 0 N–H and O–H groups in total. The van der Waals surface area contributed by atoms with Crippen LogP contribution in [0.4, 0.5) is 0 Å². The highest BCUT2D eigenvalue weighted by Gasteiger charge is 2.34. The van der Waals surface area contributed by atoms with Crippen LogP contribution >= 0.6 is 11.8 Å². The molecule has 1 aromatic heterocycles. The molecule has 0 radical (unpaired) electrons. The normalized spacial score (nSPS) is 12.9. The maximum atomic E-state index is 5.31. The van der Waals surface area contributed by atoms with Gasteiger partial charge in [-0.05, 0) is 91.9 Å². The average Bonchev–Trinajstić information content (AvgIpc) is 3.21. The molecule has 0 saturated heterocycles. The second-order valence-corrected chi connectivity index (χ2v) is 15.3. The lowest BCUT2D eigenvalue weighted by Gasteiger charge is -2.33. The number of aryl methyl sites for hydroxylation is 1. The summed E-state index contributed by atoms with van der Waals surface area (Å²) in [5.41, 5.74) is 16.3. The summed E-state index contributed by atoms with van der Waals surface area (Å²) in [6, 6.07) is 61.2. The van der Waals surface area contributed by atoms with Crippen molar-refractivity contribution in [3.63, 3.8) is 0 Å². The lowest BCUT2D eigenvalue weighted by molar-refractivity contribution is 0.594. The molecular formula is C50H38N2S. The lowest BCUT2D eigenvalue weighted by atomic mass is 9.78. The van der Waals surface area contributed by atoms with Crippen LogP contribution < -0.4 is 0 Å². The highest BCUT2D eigenvalue weighted by atomic mass is 32.2. The van der Waals surface area contributed by atoms with E-state index >= 15 is 0 Å². The van der Waals surface area contributed by atoms with E-state index in [-0.39, 0.29) is 5.41 Å². The minimum absolute atomic E-state index is 0.184. The summed E-state index contributed by atoms with van der Waals surface area (Å²) >= 11 is 1.75. The lowest BCUT2D eigenvalue weighted by Crippen LogP contribution is -2.24. The molecular weight excluding hydrogens is 661 g/mol. The molecule has 0 aliphatic carbocycles. The van der Waals surface area contributed by atoms with Crippen molar-refractivity contribution in [3.8, 4) is 67.0 Å². The van der Waals surface area contributed by atoms with E-state index in [0.29, 0.717) is 0 Å². The zero-order valence-corrected chi connectivity index (χ0v) is 30.9. The Balaban J connectivity index is 1.34. The van der Waals surface area contributed by atoms with Gasteiger partial charge in [-0.1, -0.05) is 177 Å². The van der Waals surface area contributed by atoms with Gasteiger partial charge in [-0.15, -0.1) is 0 Å². The van der Waals surface area contributed by atoms with Crippen molar-refractivity contribution in [1.29, 1.82) is 0 Å². The third-order valence-corrected chi connectivity index (χ3v) is 11.7. The van der Waals surface area contributed by atoms with Gasteiger partial charge in [0.05, 0.1) is 0 Å². The monoisotopic (exact) mass is 698 g/mol. The quantitative estimate of drug-likeness (QED) is 0.162. The summed E-state index contributed by atoms with van der Waals surface area (Å²) in [4.78, 5) is 11.6. The Labute approximate surface area is 316 Å². The summed E-state index contributed by atoms with van der Waals surface area (Å²) in [6.07, 6.45) is 2.06. The Morgan fingerprint density at radius 3 is 1.57 bits per heavy atom. The Morgan fingerprint density at radius 2 is 0.962 bits per heavy atom. The molecule has 0 amide bonds. The number of hydrogen-bond donors (Lipinski definition) is 0. The number of fused-ring (bicyclic) bond motifs is 2. The van der Waals surface area contributed by atoms with E-state index in [9.17, 15) is 0 Å². The maximum Gasteiger partial charge on any atom is 0.160 e. The molecule has 254 valence electrons. The van der Waals surface area contributed by atoms with E-state index in [0.717, 1.165) is 27.5 Å². The molecule has 3 heteroatoms. The molecule has 2 heterocycles. The minimum atomic E-state index is -0.184. The van der Waals surface area contributed by atoms with Crippen LogP contribution in [0.25, 0.3) is 67.0 Å².